The Morgan fingerprint density at radius 2 is 1.08 bits per heavy atom. The first kappa shape index (κ1) is 83.9. The maximum absolute atomic E-state index is 16.0. The number of rotatable bonds is 23. The number of anilines is 2. The van der Waals surface area contributed by atoms with Crippen LogP contribution in [0.1, 0.15) is 138 Å². The molecule has 12 rings (SSSR count). The topological polar surface area (TPSA) is 375 Å². The van der Waals surface area contributed by atoms with Gasteiger partial charge in [-0.2, -0.15) is 31.4 Å². The summed E-state index contributed by atoms with van der Waals surface area (Å²) in [5.74, 6) is -0.287. The summed E-state index contributed by atoms with van der Waals surface area (Å²) in [7, 11) is -4.42. The minimum Gasteiger partial charge on any atom is -1.00 e. The molecule has 4 fully saturated rings. The van der Waals surface area contributed by atoms with Crippen molar-refractivity contribution in [1.29, 1.82) is 0 Å². The van der Waals surface area contributed by atoms with E-state index in [0.717, 1.165) is 80.4 Å². The third-order valence-electron chi connectivity index (χ3n) is 17.2. The van der Waals surface area contributed by atoms with Gasteiger partial charge in [-0.05, 0) is 116 Å². The minimum absolute atomic E-state index is 0. The number of fused-ring (bicyclic) bond motifs is 4. The number of unbranched alkanes of at least 4 members (excludes halogenated alkanes) is 1. The number of esters is 2. The molecule has 8 aromatic rings. The van der Waals surface area contributed by atoms with Crippen molar-refractivity contribution in [2.45, 2.75) is 198 Å². The van der Waals surface area contributed by atoms with E-state index in [4.69, 9.17) is 64.7 Å². The number of benzene rings is 4. The van der Waals surface area contributed by atoms with Crippen LogP contribution in [-0.2, 0) is 42.2 Å². The number of hydrogen-bond donors (Lipinski definition) is 7. The van der Waals surface area contributed by atoms with Crippen LogP contribution in [0, 0.1) is 6.92 Å². The molecule has 12 atom stereocenters. The van der Waals surface area contributed by atoms with Gasteiger partial charge in [0.2, 0.25) is 23.7 Å². The Bertz CT molecular complexity index is 4190. The molecule has 4 aliphatic rings. The third-order valence-corrected chi connectivity index (χ3v) is 20.5. The van der Waals surface area contributed by atoms with E-state index in [0.29, 0.717) is 23.3 Å². The van der Waals surface area contributed by atoms with Crippen LogP contribution >= 0.6 is 25.9 Å². The zero-order valence-corrected chi connectivity index (χ0v) is 63.2. The molecule has 0 spiro atoms. The van der Waals surface area contributed by atoms with Crippen LogP contribution in [0.25, 0.3) is 43.9 Å². The van der Waals surface area contributed by atoms with E-state index >= 15 is 4.39 Å². The summed E-state index contributed by atoms with van der Waals surface area (Å²) in [6.07, 6.45) is 5.43. The third kappa shape index (κ3) is 20.8. The summed E-state index contributed by atoms with van der Waals surface area (Å²) in [4.78, 5) is 50.0. The zero-order valence-electron chi connectivity index (χ0n) is 58.5. The van der Waals surface area contributed by atoms with Crippen molar-refractivity contribution >= 4 is 117 Å². The summed E-state index contributed by atoms with van der Waals surface area (Å²) >= 11 is 6.07. The molecular formula is C68H90Cl2F2MgN12O16P2. The Morgan fingerprint density at radius 1 is 0.670 bits per heavy atom. The summed E-state index contributed by atoms with van der Waals surface area (Å²) in [6.45, 7) is 10.6. The fourth-order valence-electron chi connectivity index (χ4n) is 11.9. The Morgan fingerprint density at radius 3 is 1.50 bits per heavy atom. The summed E-state index contributed by atoms with van der Waals surface area (Å²) in [6, 6.07) is 23.6. The number of imidazole rings is 2. The van der Waals surface area contributed by atoms with Crippen molar-refractivity contribution in [2.75, 3.05) is 37.9 Å². The average molecular weight is 1530 g/mol. The van der Waals surface area contributed by atoms with Gasteiger partial charge in [-0.25, -0.2) is 33.0 Å². The molecule has 0 radical (unpaired) electrons. The van der Waals surface area contributed by atoms with Gasteiger partial charge in [-0.15, -0.1) is 0 Å². The average Bonchev–Trinajstić information content (AvgIpc) is 1.60. The molecule has 2 aliphatic carbocycles. The smallest absolute Gasteiger partial charge is 1.00 e. The van der Waals surface area contributed by atoms with E-state index in [2.05, 4.69) is 53.9 Å². The quantitative estimate of drug-likeness (QED) is 0.0137. The number of aliphatic hydroxyl groups excluding tert-OH is 1. The van der Waals surface area contributed by atoms with E-state index in [9.17, 15) is 38.4 Å². The molecule has 0 amide bonds. The number of nitrogens with two attached hydrogens (primary N) is 2. The van der Waals surface area contributed by atoms with Crippen LogP contribution in [-0.4, -0.2) is 176 Å². The Balaban J connectivity index is 0.000000228. The van der Waals surface area contributed by atoms with Gasteiger partial charge in [0.25, 0.3) is 0 Å². The number of hydrogen-bond acceptors (Lipinski definition) is 24. The summed E-state index contributed by atoms with van der Waals surface area (Å²) in [5, 5.41) is 39.4. The summed E-state index contributed by atoms with van der Waals surface area (Å²) < 4.78 is 111. The monoisotopic (exact) mass is 1520 g/mol. The first-order valence-electron chi connectivity index (χ1n) is 33.8. The van der Waals surface area contributed by atoms with Crippen molar-refractivity contribution in [3.8, 4) is 23.3 Å². The molecule has 558 valence electrons. The maximum atomic E-state index is 16.0. The van der Waals surface area contributed by atoms with E-state index in [-0.39, 0.29) is 100 Å². The number of nitrogen functional groups attached to an aromatic ring is 2. The molecule has 2 saturated carbocycles. The number of carbonyl (C=O) groups is 2. The number of aromatic nitrogens is 8. The number of ether oxygens (including phenoxy) is 6. The van der Waals surface area contributed by atoms with Gasteiger partial charge < -0.3 is 83.6 Å². The van der Waals surface area contributed by atoms with Crippen molar-refractivity contribution < 1.29 is 97.2 Å². The first-order chi connectivity index (χ1) is 48.2. The van der Waals surface area contributed by atoms with Gasteiger partial charge in [0.1, 0.15) is 59.2 Å². The molecule has 4 aromatic heterocycles. The van der Waals surface area contributed by atoms with Gasteiger partial charge in [-0.3, -0.25) is 23.2 Å². The van der Waals surface area contributed by atoms with Gasteiger partial charge in [-0.1, -0.05) is 99.0 Å². The van der Waals surface area contributed by atoms with Crippen molar-refractivity contribution in [2.24, 2.45) is 0 Å². The van der Waals surface area contributed by atoms with Crippen LogP contribution < -0.4 is 52.6 Å². The summed E-state index contributed by atoms with van der Waals surface area (Å²) in [5.41, 5.74) is 8.54. The van der Waals surface area contributed by atoms with Crippen LogP contribution in [0.5, 0.6) is 23.3 Å². The van der Waals surface area contributed by atoms with Crippen molar-refractivity contribution in [3.05, 3.63) is 105 Å². The van der Waals surface area contributed by atoms with E-state index < -0.39 is 100 Å². The number of aliphatic hydroxyl groups is 3. The Hall–Kier alpha value is -6.41. The first-order valence-corrected chi connectivity index (χ1v) is 37.9. The van der Waals surface area contributed by atoms with Crippen LogP contribution in [0.3, 0.4) is 0 Å². The van der Waals surface area contributed by atoms with E-state index in [1.165, 1.54) is 55.4 Å². The predicted molar refractivity (Wildman–Crippen MR) is 381 cm³/mol. The molecular weight excluding hydrogens is 1440 g/mol. The molecule has 4 aromatic carbocycles. The fraction of sp³-hybridized carbons (Fsp3) is 0.515. The van der Waals surface area contributed by atoms with Crippen molar-refractivity contribution in [3.63, 3.8) is 0 Å². The normalized spacial score (nSPS) is 23.7. The molecule has 103 heavy (non-hydrogen) atoms. The largest absolute Gasteiger partial charge is 2.00 e. The zero-order chi connectivity index (χ0) is 72.8. The number of halogens is 4. The Labute approximate surface area is 623 Å². The predicted octanol–water partition coefficient (Wildman–Crippen LogP) is 8.45. The maximum Gasteiger partial charge on any atom is 2.00 e. The second kappa shape index (κ2) is 37.7. The van der Waals surface area contributed by atoms with E-state index in [1.807, 2.05) is 48.5 Å². The number of alkyl halides is 2. The van der Waals surface area contributed by atoms with Crippen LogP contribution in [0.2, 0.25) is 0 Å². The molecule has 28 nitrogen and oxygen atoms in total. The minimum atomic E-state index is -4.42. The molecule has 2 saturated heterocycles. The van der Waals surface area contributed by atoms with Crippen LogP contribution in [0.15, 0.2) is 97.6 Å². The number of nitrogens with zero attached hydrogens (tertiary/aromatic N) is 8. The SMILES string of the molecule is CCOc1nc(N)nc2c1ncn2[C@@H]1O[C@H](CO)[C@@H](F)[C@@]1(C)O.CCOc1nc(N)nc2c1ncn2[C@@H]1O[C@H](COP(=O)(N[C@@H](C)C(=O)OC2CCCCC2)Oc2cccc3ccccc23)[C@@H](F)[C@@]1(C)O.C[C@H](NP(=O)(Cl)Oc1cccc2ccccc12)C(=O)OC1CCCCC1.[CH2-]CCC.[Cl-].[Mg+2]. The van der Waals surface area contributed by atoms with Gasteiger partial charge >= 0.3 is 49.6 Å². The molecule has 2 aliphatic heterocycles. The molecule has 6 heterocycles. The van der Waals surface area contributed by atoms with Gasteiger partial charge in [0, 0.05) is 22.0 Å². The number of carbonyl (C=O) groups excluding carboxylic acids is 2. The standard InChI is InChI=1S/C32H40FN6O8P.C19H23ClNO4P.C13H18FN5O4.C4H9.ClH.Mg/c1-4-43-28-25-27(36-31(34)37-28)39(18-35-25)30-32(3,41)26(33)24(46-30)17-44-48(42,38-19(2)29(40)45-21-13-6-5-7-14-21)47-23-16-10-12-20-11-8-9-15-22(20)23;1-14(19(22)24-16-10-3-2-4-11-16)21-26(20,23)25-18-13-7-9-15-8-5-6-12-17(15)18;1-3-22-10-7-9(17-12(15)18-10)19(5-16-7)11-13(2,21)8(14)6(4-20)23-11;1-3-4-2;;/h8-12,15-16,18-19,21,24,26,30,41H,4-7,13-14,17H2,1-3H3,(H,38,42)(H2,34,36,37);5-9,12-14,16H,2-4,10-11H2,1H3,(H,21,23);5-6,8,11,20-21H,3-4H2,1-2H3,(H2,15,17,18);1,3-4H2,2H3;1H;/q;;;-1;;+2/p-1/t19-,24+,26+,30+,32+,48?;14-,26?;6-,8-,11-,13-;;;/m001.../s1. The second-order valence-corrected chi connectivity index (χ2v) is 29.6. The molecule has 35 heteroatoms. The fourth-order valence-corrected chi connectivity index (χ4v) is 15.1. The van der Waals surface area contributed by atoms with Gasteiger partial charge in [0.05, 0.1) is 39.1 Å². The molecule has 9 N–H and O–H groups in total. The molecule has 2 unspecified atom stereocenters. The number of nitrogens with one attached hydrogen (secondary N) is 2. The molecule has 0 bridgehead atoms. The Kier molecular flexibility index (Phi) is 30.7. The van der Waals surface area contributed by atoms with E-state index in [1.54, 1.807) is 57.2 Å². The van der Waals surface area contributed by atoms with Crippen molar-refractivity contribution in [1.82, 2.24) is 49.2 Å². The second-order valence-electron chi connectivity index (χ2n) is 25.1. The van der Waals surface area contributed by atoms with Crippen LogP contribution in [0.4, 0.5) is 20.7 Å². The van der Waals surface area contributed by atoms with Gasteiger partial charge in [0.15, 0.2) is 47.1 Å².